The summed E-state index contributed by atoms with van der Waals surface area (Å²) < 4.78 is 22.6. The Labute approximate surface area is 297 Å². The Balaban J connectivity index is 1.21. The van der Waals surface area contributed by atoms with Crippen LogP contribution < -0.4 is 20.7 Å². The number of hydrogen-bond donors (Lipinski definition) is 3. The van der Waals surface area contributed by atoms with Crippen molar-refractivity contribution in [1.82, 2.24) is 15.1 Å². The van der Waals surface area contributed by atoms with Crippen LogP contribution in [-0.2, 0) is 16.1 Å². The summed E-state index contributed by atoms with van der Waals surface area (Å²) in [5, 5.41) is 16.7. The Morgan fingerprint density at radius 1 is 1.14 bits per heavy atom. The van der Waals surface area contributed by atoms with Crippen LogP contribution in [0.5, 0.6) is 5.75 Å². The minimum Gasteiger partial charge on any atom is -0.493 e. The summed E-state index contributed by atoms with van der Waals surface area (Å²) >= 11 is 14.3. The lowest BCUT2D eigenvalue weighted by Crippen LogP contribution is -2.35. The topological polar surface area (TPSA) is 140 Å². The number of ether oxygens (including phenoxy) is 1. The fraction of sp³-hybridized carbons (Fsp3) is 0.314. The van der Waals surface area contributed by atoms with Gasteiger partial charge in [-0.3, -0.25) is 19.1 Å². The maximum absolute atomic E-state index is 15.2. The minimum atomic E-state index is -1.11. The van der Waals surface area contributed by atoms with Crippen LogP contribution in [0.1, 0.15) is 47.2 Å². The second kappa shape index (κ2) is 16.5. The van der Waals surface area contributed by atoms with Crippen molar-refractivity contribution in [1.29, 1.82) is 0 Å². The van der Waals surface area contributed by atoms with Crippen LogP contribution in [-0.4, -0.2) is 64.2 Å². The van der Waals surface area contributed by atoms with Crippen molar-refractivity contribution in [2.45, 2.75) is 50.1 Å². The summed E-state index contributed by atoms with van der Waals surface area (Å²) in [6.45, 7) is 3.11. The lowest BCUT2D eigenvalue weighted by atomic mass is 10.1. The number of anilines is 1. The molecule has 2 heterocycles. The molecule has 10 nitrogen and oxygen atoms in total. The molecule has 258 valence electrons. The molecule has 4 aromatic rings. The number of benzene rings is 3. The number of carbonyl (C=O) groups is 3. The molecule has 49 heavy (non-hydrogen) atoms. The van der Waals surface area contributed by atoms with Crippen LogP contribution in [0, 0.1) is 12.7 Å². The first-order valence-electron chi connectivity index (χ1n) is 15.7. The van der Waals surface area contributed by atoms with Crippen molar-refractivity contribution in [3.05, 3.63) is 93.5 Å². The Morgan fingerprint density at radius 3 is 2.71 bits per heavy atom. The highest BCUT2D eigenvalue weighted by atomic mass is 35.5. The molecule has 14 heteroatoms. The van der Waals surface area contributed by atoms with E-state index in [9.17, 15) is 14.4 Å². The van der Waals surface area contributed by atoms with Gasteiger partial charge in [0.2, 0.25) is 5.91 Å². The average Bonchev–Trinajstić information content (AvgIpc) is 3.55. The van der Waals surface area contributed by atoms with Crippen LogP contribution in [0.25, 0.3) is 11.1 Å². The van der Waals surface area contributed by atoms with E-state index in [2.05, 4.69) is 10.4 Å². The highest BCUT2D eigenvalue weighted by molar-refractivity contribution is 7.99. The predicted octanol–water partition coefficient (Wildman–Crippen LogP) is 6.57. The molecule has 0 radical (unpaired) electrons. The van der Waals surface area contributed by atoms with E-state index in [1.165, 1.54) is 6.07 Å². The van der Waals surface area contributed by atoms with Gasteiger partial charge in [0.25, 0.3) is 5.91 Å². The number of nitrogens with zero attached hydrogens (tertiary/aromatic N) is 3. The first-order chi connectivity index (χ1) is 23.5. The molecule has 1 atom stereocenters. The number of carboxylic acids is 1. The van der Waals surface area contributed by atoms with E-state index >= 15 is 4.39 Å². The molecular formula is C35H36Cl2FN5O5S. The SMILES string of the molecule is Cc1c(Cl)cccc1OCCCC(=O)N1CCSc2c(-c3cnn(Cc4c(F)cc(C(=O)NCCC[C@H](N)C(=O)O)cc4Cl)c3)cccc21. The largest absolute Gasteiger partial charge is 0.493 e. The molecule has 1 aliphatic rings. The summed E-state index contributed by atoms with van der Waals surface area (Å²) in [4.78, 5) is 39.5. The van der Waals surface area contributed by atoms with E-state index < -0.39 is 23.7 Å². The first-order valence-corrected chi connectivity index (χ1v) is 17.5. The van der Waals surface area contributed by atoms with Crippen LogP contribution in [0.15, 0.2) is 65.8 Å². The first kappa shape index (κ1) is 36.2. The fourth-order valence-electron chi connectivity index (χ4n) is 5.41. The molecule has 1 aliphatic heterocycles. The summed E-state index contributed by atoms with van der Waals surface area (Å²) in [6.07, 6.45) is 4.93. The zero-order valence-electron chi connectivity index (χ0n) is 26.8. The van der Waals surface area contributed by atoms with Gasteiger partial charge in [-0.2, -0.15) is 5.10 Å². The molecule has 3 aromatic carbocycles. The smallest absolute Gasteiger partial charge is 0.320 e. The fourth-order valence-corrected chi connectivity index (χ4v) is 6.98. The van der Waals surface area contributed by atoms with Gasteiger partial charge in [-0.15, -0.1) is 11.8 Å². The van der Waals surface area contributed by atoms with Gasteiger partial charge in [-0.25, -0.2) is 4.39 Å². The molecule has 4 N–H and O–H groups in total. The quantitative estimate of drug-likeness (QED) is 0.124. The Hall–Kier alpha value is -4.10. The number of aromatic nitrogens is 2. The van der Waals surface area contributed by atoms with Gasteiger partial charge in [-0.05, 0) is 56.5 Å². The standard InChI is InChI=1S/C35H36Cl2FN5O5S/c1-21-26(36)7-3-10-31(21)48-14-5-11-32(44)43-13-15-49-33-24(6-2-9-30(33)43)23-18-41-42(19-23)20-25-27(37)16-22(17-28(25)38)34(45)40-12-4-8-29(39)35(46)47/h2-3,6-7,9-10,16-19,29H,4-5,8,11-15,20,39H2,1H3,(H,40,45)(H,46,47)/t29-/m0/s1. The highest BCUT2D eigenvalue weighted by Crippen LogP contribution is 2.42. The van der Waals surface area contributed by atoms with Crippen LogP contribution in [0.2, 0.25) is 10.0 Å². The molecule has 2 amide bonds. The van der Waals surface area contributed by atoms with Crippen molar-refractivity contribution in [2.24, 2.45) is 5.73 Å². The number of nitrogens with two attached hydrogens (primary N) is 1. The number of halogens is 3. The lowest BCUT2D eigenvalue weighted by Gasteiger charge is -2.30. The van der Waals surface area contributed by atoms with Gasteiger partial charge in [0, 0.05) is 74.2 Å². The molecular weight excluding hydrogens is 692 g/mol. The van der Waals surface area contributed by atoms with Crippen LogP contribution in [0.4, 0.5) is 10.1 Å². The summed E-state index contributed by atoms with van der Waals surface area (Å²) in [7, 11) is 0. The van der Waals surface area contributed by atoms with Gasteiger partial charge >= 0.3 is 5.97 Å². The second-order valence-corrected chi connectivity index (χ2v) is 13.5. The molecule has 0 fully saturated rings. The Bertz CT molecular complexity index is 1830. The number of carbonyl (C=O) groups excluding carboxylic acids is 2. The number of carboxylic acid groups (broad SMARTS) is 1. The molecule has 0 aliphatic carbocycles. The van der Waals surface area contributed by atoms with E-state index in [1.54, 1.807) is 28.8 Å². The Kier molecular flexibility index (Phi) is 12.2. The monoisotopic (exact) mass is 727 g/mol. The predicted molar refractivity (Wildman–Crippen MR) is 189 cm³/mol. The summed E-state index contributed by atoms with van der Waals surface area (Å²) in [5.74, 6) is -0.831. The van der Waals surface area contributed by atoms with Gasteiger partial charge in [-0.1, -0.05) is 41.4 Å². The van der Waals surface area contributed by atoms with Gasteiger partial charge < -0.3 is 25.8 Å². The number of fused-ring (bicyclic) bond motifs is 1. The number of hydrogen-bond acceptors (Lipinski definition) is 7. The van der Waals surface area contributed by atoms with Crippen LogP contribution >= 0.6 is 35.0 Å². The number of nitrogens with one attached hydrogen (secondary N) is 1. The normalized spacial score (nSPS) is 13.1. The lowest BCUT2D eigenvalue weighted by molar-refractivity contribution is -0.138. The molecule has 0 saturated carbocycles. The van der Waals surface area contributed by atoms with E-state index in [1.807, 2.05) is 48.2 Å². The Morgan fingerprint density at radius 2 is 1.94 bits per heavy atom. The van der Waals surface area contributed by atoms with Crippen LogP contribution in [0.3, 0.4) is 0 Å². The van der Waals surface area contributed by atoms with E-state index in [-0.39, 0.29) is 41.6 Å². The third kappa shape index (κ3) is 8.93. The number of aliphatic carboxylic acids is 1. The molecule has 5 rings (SSSR count). The van der Waals surface area contributed by atoms with Gasteiger partial charge in [0.15, 0.2) is 0 Å². The third-order valence-corrected chi connectivity index (χ3v) is 9.97. The molecule has 0 saturated heterocycles. The van der Waals surface area contributed by atoms with E-state index in [0.29, 0.717) is 43.2 Å². The zero-order chi connectivity index (χ0) is 35.1. The van der Waals surface area contributed by atoms with Crippen molar-refractivity contribution in [3.63, 3.8) is 0 Å². The summed E-state index contributed by atoms with van der Waals surface area (Å²) in [5.41, 5.74) is 9.13. The third-order valence-electron chi connectivity index (χ3n) is 8.12. The van der Waals surface area contributed by atoms with Crippen molar-refractivity contribution >= 4 is 58.4 Å². The summed E-state index contributed by atoms with van der Waals surface area (Å²) in [6, 6.07) is 12.8. The molecule has 0 spiro atoms. The number of rotatable bonds is 14. The van der Waals surface area contributed by atoms with Crippen molar-refractivity contribution in [3.8, 4) is 16.9 Å². The maximum atomic E-state index is 15.2. The zero-order valence-corrected chi connectivity index (χ0v) is 29.1. The van der Waals surface area contributed by atoms with Gasteiger partial charge in [0.1, 0.15) is 17.6 Å². The number of thioether (sulfide) groups is 1. The molecule has 1 aromatic heterocycles. The average molecular weight is 729 g/mol. The molecule has 0 unspecified atom stereocenters. The highest BCUT2D eigenvalue weighted by Gasteiger charge is 2.26. The minimum absolute atomic E-state index is 0.0189. The van der Waals surface area contributed by atoms with Gasteiger partial charge in [0.05, 0.1) is 25.0 Å². The molecule has 0 bridgehead atoms. The van der Waals surface area contributed by atoms with Crippen molar-refractivity contribution in [2.75, 3.05) is 30.3 Å². The van der Waals surface area contributed by atoms with E-state index in [0.717, 1.165) is 39.1 Å². The van der Waals surface area contributed by atoms with Crippen molar-refractivity contribution < 1.29 is 28.6 Å². The van der Waals surface area contributed by atoms with E-state index in [4.69, 9.17) is 38.8 Å². The number of amides is 2. The maximum Gasteiger partial charge on any atom is 0.320 e. The second-order valence-electron chi connectivity index (χ2n) is 11.6.